The van der Waals surface area contributed by atoms with E-state index in [1.165, 1.54) is 49.9 Å². The Morgan fingerprint density at radius 3 is 1.97 bits per heavy atom. The lowest BCUT2D eigenvalue weighted by atomic mass is 10.1. The fourth-order valence-corrected chi connectivity index (χ4v) is 5.05. The second-order valence-corrected chi connectivity index (χ2v) is 8.86. The Morgan fingerprint density at radius 1 is 0.848 bits per heavy atom. The zero-order valence-corrected chi connectivity index (χ0v) is 19.4. The second-order valence-electron chi connectivity index (χ2n) is 7.04. The van der Waals surface area contributed by atoms with Crippen molar-refractivity contribution in [2.75, 3.05) is 25.6 Å². The van der Waals surface area contributed by atoms with Gasteiger partial charge >= 0.3 is 0 Å². The number of hydrogen-bond acceptors (Lipinski definition) is 7. The number of hydrogen-bond donors (Lipinski definition) is 0. The first-order valence-electron chi connectivity index (χ1n) is 9.87. The number of rotatable bonds is 9. The highest BCUT2D eigenvalue weighted by Gasteiger charge is 2.31. The monoisotopic (exact) mass is 472 g/mol. The van der Waals surface area contributed by atoms with E-state index in [0.717, 1.165) is 0 Å². The number of methoxy groups -OCH3 is 3. The molecular formula is C23H24N2O7S. The SMILES string of the molecule is COc1ccc(N(C(C)c2ccc(OC)c(OC)c2)S(=O)(=O)c2ccc([N+](=O)[O-])cc2)cc1. The highest BCUT2D eigenvalue weighted by Crippen LogP contribution is 2.37. The molecule has 0 N–H and O–H groups in total. The summed E-state index contributed by atoms with van der Waals surface area (Å²) in [6.07, 6.45) is 0. The van der Waals surface area contributed by atoms with Gasteiger partial charge in [-0.05, 0) is 61.0 Å². The number of nitro benzene ring substituents is 1. The second kappa shape index (κ2) is 9.78. The average molecular weight is 473 g/mol. The number of sulfonamides is 1. The zero-order chi connectivity index (χ0) is 24.2. The van der Waals surface area contributed by atoms with Crippen LogP contribution >= 0.6 is 0 Å². The quantitative estimate of drug-likeness (QED) is 0.331. The summed E-state index contributed by atoms with van der Waals surface area (Å²) in [6, 6.07) is 15.9. The molecule has 1 unspecified atom stereocenters. The molecule has 9 nitrogen and oxygen atoms in total. The summed E-state index contributed by atoms with van der Waals surface area (Å²) in [5.41, 5.74) is 0.864. The van der Waals surface area contributed by atoms with Crippen LogP contribution in [0, 0.1) is 10.1 Å². The summed E-state index contributed by atoms with van der Waals surface area (Å²) in [5, 5.41) is 11.0. The summed E-state index contributed by atoms with van der Waals surface area (Å²) < 4.78 is 44.6. The summed E-state index contributed by atoms with van der Waals surface area (Å²) >= 11 is 0. The predicted octanol–water partition coefficient (Wildman–Crippen LogP) is 4.58. The molecular weight excluding hydrogens is 448 g/mol. The third-order valence-electron chi connectivity index (χ3n) is 5.17. The lowest BCUT2D eigenvalue weighted by Crippen LogP contribution is -2.33. The van der Waals surface area contributed by atoms with Gasteiger partial charge in [-0.1, -0.05) is 6.07 Å². The minimum atomic E-state index is -4.10. The number of non-ortho nitro benzene ring substituents is 1. The van der Waals surface area contributed by atoms with Crippen LogP contribution in [0.15, 0.2) is 71.6 Å². The van der Waals surface area contributed by atoms with Gasteiger partial charge in [-0.2, -0.15) is 0 Å². The molecule has 33 heavy (non-hydrogen) atoms. The molecule has 0 heterocycles. The maximum absolute atomic E-state index is 13.7. The number of nitrogens with zero attached hydrogens (tertiary/aromatic N) is 2. The normalized spacial score (nSPS) is 12.0. The molecule has 0 aliphatic heterocycles. The summed E-state index contributed by atoms with van der Waals surface area (Å²) in [7, 11) is 0.438. The molecule has 3 rings (SSSR count). The number of benzene rings is 3. The average Bonchev–Trinajstić information content (AvgIpc) is 2.83. The molecule has 0 bridgehead atoms. The van der Waals surface area contributed by atoms with E-state index >= 15 is 0 Å². The first kappa shape index (κ1) is 23.9. The smallest absolute Gasteiger partial charge is 0.269 e. The van der Waals surface area contributed by atoms with Crippen LogP contribution in [0.3, 0.4) is 0 Å². The van der Waals surface area contributed by atoms with Crippen molar-refractivity contribution in [3.05, 3.63) is 82.4 Å². The Balaban J connectivity index is 2.14. The Bertz CT molecular complexity index is 1230. The first-order chi connectivity index (χ1) is 15.7. The van der Waals surface area contributed by atoms with Gasteiger partial charge in [-0.15, -0.1) is 0 Å². The Hall–Kier alpha value is -3.79. The minimum absolute atomic E-state index is 0.0729. The maximum atomic E-state index is 13.7. The Labute approximate surface area is 192 Å². The predicted molar refractivity (Wildman–Crippen MR) is 124 cm³/mol. The maximum Gasteiger partial charge on any atom is 0.269 e. The van der Waals surface area contributed by atoms with Crippen molar-refractivity contribution in [2.45, 2.75) is 17.9 Å². The first-order valence-corrected chi connectivity index (χ1v) is 11.3. The molecule has 0 aliphatic carbocycles. The van der Waals surface area contributed by atoms with E-state index in [0.29, 0.717) is 28.5 Å². The molecule has 10 heteroatoms. The van der Waals surface area contributed by atoms with Crippen LogP contribution < -0.4 is 18.5 Å². The van der Waals surface area contributed by atoms with Crippen molar-refractivity contribution < 1.29 is 27.6 Å². The molecule has 0 spiro atoms. The van der Waals surface area contributed by atoms with Crippen LogP contribution in [0.5, 0.6) is 17.2 Å². The van der Waals surface area contributed by atoms with E-state index in [2.05, 4.69) is 0 Å². The fourth-order valence-electron chi connectivity index (χ4n) is 3.40. The molecule has 174 valence electrons. The summed E-state index contributed by atoms with van der Waals surface area (Å²) in [6.45, 7) is 1.74. The van der Waals surface area contributed by atoms with E-state index in [1.54, 1.807) is 49.4 Å². The van der Waals surface area contributed by atoms with Crippen LogP contribution in [0.1, 0.15) is 18.5 Å². The summed E-state index contributed by atoms with van der Waals surface area (Å²) in [5.74, 6) is 1.55. The standard InChI is InChI=1S/C23H24N2O7S/c1-16(17-5-14-22(31-3)23(15-17)32-4)24(18-6-10-20(30-2)11-7-18)33(28,29)21-12-8-19(9-13-21)25(26)27/h5-16H,1-4H3. The van der Waals surface area contributed by atoms with Crippen molar-refractivity contribution in [1.29, 1.82) is 0 Å². The van der Waals surface area contributed by atoms with Crippen molar-refractivity contribution in [1.82, 2.24) is 0 Å². The molecule has 0 aromatic heterocycles. The van der Waals surface area contributed by atoms with Gasteiger partial charge < -0.3 is 14.2 Å². The van der Waals surface area contributed by atoms with Gasteiger partial charge in [-0.3, -0.25) is 14.4 Å². The van der Waals surface area contributed by atoms with Gasteiger partial charge in [0.2, 0.25) is 0 Å². The number of ether oxygens (including phenoxy) is 3. The molecule has 0 saturated heterocycles. The third-order valence-corrected chi connectivity index (χ3v) is 7.09. The minimum Gasteiger partial charge on any atom is -0.497 e. The van der Waals surface area contributed by atoms with E-state index in [9.17, 15) is 18.5 Å². The number of anilines is 1. The lowest BCUT2D eigenvalue weighted by Gasteiger charge is -2.31. The fraction of sp³-hybridized carbons (Fsp3) is 0.217. The van der Waals surface area contributed by atoms with Gasteiger partial charge in [0.15, 0.2) is 11.5 Å². The molecule has 0 aliphatic rings. The largest absolute Gasteiger partial charge is 0.497 e. The van der Waals surface area contributed by atoms with Crippen molar-refractivity contribution in [2.24, 2.45) is 0 Å². The van der Waals surface area contributed by atoms with Crippen LogP contribution in [-0.4, -0.2) is 34.7 Å². The highest BCUT2D eigenvalue weighted by atomic mass is 32.2. The number of nitro groups is 1. The van der Waals surface area contributed by atoms with Gasteiger partial charge in [-0.25, -0.2) is 8.42 Å². The molecule has 0 amide bonds. The molecule has 3 aromatic carbocycles. The third kappa shape index (κ3) is 4.85. The molecule has 0 fully saturated rings. The van der Waals surface area contributed by atoms with E-state index < -0.39 is 21.0 Å². The van der Waals surface area contributed by atoms with Crippen LogP contribution in [0.25, 0.3) is 0 Å². The van der Waals surface area contributed by atoms with Gasteiger partial charge in [0.1, 0.15) is 5.75 Å². The van der Waals surface area contributed by atoms with Gasteiger partial charge in [0.25, 0.3) is 15.7 Å². The Kier molecular flexibility index (Phi) is 7.07. The lowest BCUT2D eigenvalue weighted by molar-refractivity contribution is -0.384. The van der Waals surface area contributed by atoms with Crippen LogP contribution in [0.4, 0.5) is 11.4 Å². The topological polar surface area (TPSA) is 108 Å². The van der Waals surface area contributed by atoms with E-state index in [1.807, 2.05) is 0 Å². The van der Waals surface area contributed by atoms with Crippen LogP contribution in [-0.2, 0) is 10.0 Å². The van der Waals surface area contributed by atoms with Crippen molar-refractivity contribution >= 4 is 21.4 Å². The van der Waals surface area contributed by atoms with E-state index in [4.69, 9.17) is 14.2 Å². The zero-order valence-electron chi connectivity index (χ0n) is 18.6. The van der Waals surface area contributed by atoms with Crippen molar-refractivity contribution in [3.63, 3.8) is 0 Å². The van der Waals surface area contributed by atoms with Gasteiger partial charge in [0.05, 0.1) is 42.9 Å². The highest BCUT2D eigenvalue weighted by molar-refractivity contribution is 7.92. The molecule has 0 radical (unpaired) electrons. The molecule has 0 saturated carbocycles. The molecule has 3 aromatic rings. The molecule has 1 atom stereocenters. The Morgan fingerprint density at radius 2 is 1.45 bits per heavy atom. The van der Waals surface area contributed by atoms with Crippen LogP contribution in [0.2, 0.25) is 0 Å². The summed E-state index contributed by atoms with van der Waals surface area (Å²) in [4.78, 5) is 10.3. The van der Waals surface area contributed by atoms with E-state index in [-0.39, 0.29) is 10.6 Å². The van der Waals surface area contributed by atoms with Crippen molar-refractivity contribution in [3.8, 4) is 17.2 Å². The van der Waals surface area contributed by atoms with Gasteiger partial charge in [0, 0.05) is 12.1 Å².